The first-order chi connectivity index (χ1) is 7.45. The second-order valence-electron chi connectivity index (χ2n) is 3.30. The van der Waals surface area contributed by atoms with E-state index < -0.39 is 18.0 Å². The van der Waals surface area contributed by atoms with Crippen molar-refractivity contribution in [3.05, 3.63) is 30.3 Å². The minimum Gasteiger partial charge on any atom is -0.368 e. The molecule has 16 heavy (non-hydrogen) atoms. The Hall–Kier alpha value is -1.52. The average molecular weight is 231 g/mol. The third-order valence-electron chi connectivity index (χ3n) is 2.08. The number of hydrogen-bond donors (Lipinski definition) is 1. The summed E-state index contributed by atoms with van der Waals surface area (Å²) in [6, 6.07) is 5.75. The lowest BCUT2D eigenvalue weighted by molar-refractivity contribution is -0.157. The van der Waals surface area contributed by atoms with Crippen LogP contribution >= 0.6 is 0 Å². The number of ketones is 1. The predicted octanol–water partition coefficient (Wildman–Crippen LogP) is 3.01. The molecular formula is C11H12F3NO. The number of para-hydroxylation sites is 1. The summed E-state index contributed by atoms with van der Waals surface area (Å²) >= 11 is 0. The van der Waals surface area contributed by atoms with Crippen molar-refractivity contribution in [2.45, 2.75) is 25.6 Å². The van der Waals surface area contributed by atoms with Crippen molar-refractivity contribution in [1.29, 1.82) is 0 Å². The zero-order chi connectivity index (χ0) is 12.2. The van der Waals surface area contributed by atoms with Gasteiger partial charge >= 0.3 is 6.18 Å². The molecule has 0 fully saturated rings. The van der Waals surface area contributed by atoms with Gasteiger partial charge in [-0.05, 0) is 12.1 Å². The van der Waals surface area contributed by atoms with Crippen LogP contribution in [0.5, 0.6) is 0 Å². The minimum absolute atomic E-state index is 0.149. The summed E-state index contributed by atoms with van der Waals surface area (Å²) in [5.74, 6) is -0.864. The summed E-state index contributed by atoms with van der Waals surface area (Å²) in [7, 11) is 0. The molecule has 0 amide bonds. The maximum Gasteiger partial charge on any atom is 0.415 e. The Morgan fingerprint density at radius 1 is 1.31 bits per heavy atom. The van der Waals surface area contributed by atoms with Gasteiger partial charge < -0.3 is 5.32 Å². The standard InChI is InChI=1S/C11H12F3NO/c1-2-9(16)10(11(12,13)14)15-8-6-4-3-5-7-8/h3-7,10,15H,2H2,1H3. The SMILES string of the molecule is CCC(=O)C(Nc1ccccc1)C(F)(F)F. The van der Waals surface area contributed by atoms with Gasteiger partial charge in [0.25, 0.3) is 0 Å². The first-order valence-electron chi connectivity index (χ1n) is 4.86. The Morgan fingerprint density at radius 3 is 2.31 bits per heavy atom. The largest absolute Gasteiger partial charge is 0.415 e. The molecule has 0 spiro atoms. The smallest absolute Gasteiger partial charge is 0.368 e. The lowest BCUT2D eigenvalue weighted by atomic mass is 10.1. The molecule has 0 aliphatic carbocycles. The Labute approximate surface area is 91.5 Å². The second kappa shape index (κ2) is 5.01. The van der Waals surface area contributed by atoms with Gasteiger partial charge in [-0.15, -0.1) is 0 Å². The molecule has 1 rings (SSSR count). The fraction of sp³-hybridized carbons (Fsp3) is 0.364. The number of Topliss-reactive ketones (excluding diaryl/α,β-unsaturated/α-hetero) is 1. The van der Waals surface area contributed by atoms with Crippen molar-refractivity contribution < 1.29 is 18.0 Å². The molecule has 88 valence electrons. The molecule has 2 nitrogen and oxygen atoms in total. The van der Waals surface area contributed by atoms with Crippen molar-refractivity contribution in [1.82, 2.24) is 0 Å². The van der Waals surface area contributed by atoms with Crippen molar-refractivity contribution in [2.75, 3.05) is 5.32 Å². The van der Waals surface area contributed by atoms with Crippen LogP contribution in [0.25, 0.3) is 0 Å². The summed E-state index contributed by atoms with van der Waals surface area (Å²) < 4.78 is 37.7. The highest BCUT2D eigenvalue weighted by atomic mass is 19.4. The molecule has 0 aliphatic rings. The highest BCUT2D eigenvalue weighted by molar-refractivity contribution is 5.87. The van der Waals surface area contributed by atoms with Crippen LogP contribution in [0.15, 0.2) is 30.3 Å². The van der Waals surface area contributed by atoms with Gasteiger partial charge in [0.15, 0.2) is 11.8 Å². The first-order valence-corrected chi connectivity index (χ1v) is 4.86. The molecule has 1 unspecified atom stereocenters. The molecule has 0 saturated carbocycles. The summed E-state index contributed by atoms with van der Waals surface area (Å²) in [5.41, 5.74) is 0.284. The Balaban J connectivity index is 2.84. The summed E-state index contributed by atoms with van der Waals surface area (Å²) in [4.78, 5) is 11.2. The molecule has 0 aromatic heterocycles. The van der Waals surface area contributed by atoms with E-state index in [-0.39, 0.29) is 12.1 Å². The number of nitrogens with one attached hydrogen (secondary N) is 1. The normalized spacial score (nSPS) is 13.2. The van der Waals surface area contributed by atoms with Crippen molar-refractivity contribution in [2.24, 2.45) is 0 Å². The van der Waals surface area contributed by atoms with Crippen molar-refractivity contribution in [3.8, 4) is 0 Å². The molecule has 0 saturated heterocycles. The monoisotopic (exact) mass is 231 g/mol. The summed E-state index contributed by atoms with van der Waals surface area (Å²) in [6.07, 6.45) is -4.72. The zero-order valence-corrected chi connectivity index (χ0v) is 8.71. The van der Waals surface area contributed by atoms with E-state index in [4.69, 9.17) is 0 Å². The van der Waals surface area contributed by atoms with Gasteiger partial charge in [0.1, 0.15) is 0 Å². The molecular weight excluding hydrogens is 219 g/mol. The number of hydrogen-bond acceptors (Lipinski definition) is 2. The molecule has 0 heterocycles. The Morgan fingerprint density at radius 2 is 1.88 bits per heavy atom. The maximum absolute atomic E-state index is 12.6. The van der Waals surface area contributed by atoms with Gasteiger partial charge in [-0.3, -0.25) is 4.79 Å². The topological polar surface area (TPSA) is 29.1 Å². The van der Waals surface area contributed by atoms with Crippen LogP contribution in [0.4, 0.5) is 18.9 Å². The fourth-order valence-electron chi connectivity index (χ4n) is 1.25. The maximum atomic E-state index is 12.6. The second-order valence-corrected chi connectivity index (χ2v) is 3.30. The number of benzene rings is 1. The third-order valence-corrected chi connectivity index (χ3v) is 2.08. The van der Waals surface area contributed by atoms with Gasteiger partial charge in [0.05, 0.1) is 0 Å². The van der Waals surface area contributed by atoms with E-state index in [1.807, 2.05) is 0 Å². The van der Waals surface area contributed by atoms with E-state index in [1.54, 1.807) is 18.2 Å². The number of rotatable bonds is 4. The van der Waals surface area contributed by atoms with Gasteiger partial charge in [0, 0.05) is 12.1 Å². The van der Waals surface area contributed by atoms with Crippen molar-refractivity contribution >= 4 is 11.5 Å². The van der Waals surface area contributed by atoms with Crippen LogP contribution in [0.3, 0.4) is 0 Å². The van der Waals surface area contributed by atoms with E-state index >= 15 is 0 Å². The van der Waals surface area contributed by atoms with Gasteiger partial charge in [-0.1, -0.05) is 25.1 Å². The van der Waals surface area contributed by atoms with E-state index in [1.165, 1.54) is 19.1 Å². The van der Waals surface area contributed by atoms with E-state index in [0.29, 0.717) is 0 Å². The predicted molar refractivity (Wildman–Crippen MR) is 55.2 cm³/mol. The first kappa shape index (κ1) is 12.5. The molecule has 0 aliphatic heterocycles. The average Bonchev–Trinajstić information content (AvgIpc) is 2.25. The molecule has 1 aromatic rings. The summed E-state index contributed by atoms with van der Waals surface area (Å²) in [6.45, 7) is 1.41. The Bertz CT molecular complexity index is 348. The lowest BCUT2D eigenvalue weighted by Crippen LogP contribution is -2.42. The number of carbonyl (C=O) groups excluding carboxylic acids is 1. The van der Waals surface area contributed by atoms with Crippen LogP contribution in [-0.4, -0.2) is 18.0 Å². The van der Waals surface area contributed by atoms with E-state index in [9.17, 15) is 18.0 Å². The third kappa shape index (κ3) is 3.25. The highest BCUT2D eigenvalue weighted by Gasteiger charge is 2.43. The number of halogens is 3. The number of anilines is 1. The van der Waals surface area contributed by atoms with Crippen LogP contribution in [0, 0.1) is 0 Å². The van der Waals surface area contributed by atoms with Crippen LogP contribution in [0.2, 0.25) is 0 Å². The van der Waals surface area contributed by atoms with Gasteiger partial charge in [-0.25, -0.2) is 0 Å². The van der Waals surface area contributed by atoms with Crippen LogP contribution < -0.4 is 5.32 Å². The zero-order valence-electron chi connectivity index (χ0n) is 8.71. The summed E-state index contributed by atoms with van der Waals surface area (Å²) in [5, 5.41) is 2.20. The molecule has 5 heteroatoms. The molecule has 0 radical (unpaired) electrons. The molecule has 0 bridgehead atoms. The van der Waals surface area contributed by atoms with Crippen LogP contribution in [0.1, 0.15) is 13.3 Å². The number of carbonyl (C=O) groups is 1. The van der Waals surface area contributed by atoms with E-state index in [2.05, 4.69) is 5.32 Å². The van der Waals surface area contributed by atoms with E-state index in [0.717, 1.165) is 0 Å². The quantitative estimate of drug-likeness (QED) is 0.863. The number of alkyl halides is 3. The lowest BCUT2D eigenvalue weighted by Gasteiger charge is -2.20. The Kier molecular flexibility index (Phi) is 3.93. The van der Waals surface area contributed by atoms with Crippen LogP contribution in [-0.2, 0) is 4.79 Å². The minimum atomic E-state index is -4.57. The van der Waals surface area contributed by atoms with Crippen molar-refractivity contribution in [3.63, 3.8) is 0 Å². The van der Waals surface area contributed by atoms with Gasteiger partial charge in [0.2, 0.25) is 0 Å². The van der Waals surface area contributed by atoms with Gasteiger partial charge in [-0.2, -0.15) is 13.2 Å². The fourth-order valence-corrected chi connectivity index (χ4v) is 1.25. The molecule has 1 atom stereocenters. The molecule has 1 aromatic carbocycles. The highest BCUT2D eigenvalue weighted by Crippen LogP contribution is 2.25. The molecule has 1 N–H and O–H groups in total.